The molecule has 1 N–H and O–H groups in total. The molecular weight excluding hydrogens is 388 g/mol. The molecule has 164 valence electrons. The van der Waals surface area contributed by atoms with Crippen molar-refractivity contribution in [3.8, 4) is 11.5 Å². The third-order valence-corrected chi connectivity index (χ3v) is 6.40. The van der Waals surface area contributed by atoms with Crippen LogP contribution in [-0.2, 0) is 6.42 Å². The molecule has 1 saturated heterocycles. The van der Waals surface area contributed by atoms with E-state index in [9.17, 15) is 0 Å². The third kappa shape index (κ3) is 4.41. The number of benzene rings is 2. The molecule has 2 aromatic carbocycles. The summed E-state index contributed by atoms with van der Waals surface area (Å²) in [5.41, 5.74) is 2.39. The van der Waals surface area contributed by atoms with Crippen molar-refractivity contribution in [2.75, 3.05) is 39.3 Å². The van der Waals surface area contributed by atoms with Gasteiger partial charge >= 0.3 is 0 Å². The molecule has 2 aliphatic heterocycles. The molecule has 31 heavy (non-hydrogen) atoms. The molecule has 3 heterocycles. The lowest BCUT2D eigenvalue weighted by Gasteiger charge is -2.36. The van der Waals surface area contributed by atoms with Crippen LogP contribution in [0.15, 0.2) is 48.5 Å². The van der Waals surface area contributed by atoms with Crippen molar-refractivity contribution < 1.29 is 9.47 Å². The molecule has 0 saturated carbocycles. The molecular formula is C25H32N4O2. The number of rotatable bonds is 7. The van der Waals surface area contributed by atoms with E-state index in [0.717, 1.165) is 69.0 Å². The van der Waals surface area contributed by atoms with Gasteiger partial charge in [-0.25, -0.2) is 4.98 Å². The molecule has 6 heteroatoms. The zero-order chi connectivity index (χ0) is 21.0. The van der Waals surface area contributed by atoms with Crippen molar-refractivity contribution in [1.82, 2.24) is 19.8 Å². The maximum Gasteiger partial charge on any atom is 0.161 e. The summed E-state index contributed by atoms with van der Waals surface area (Å²) in [5.74, 6) is 2.93. The van der Waals surface area contributed by atoms with Crippen molar-refractivity contribution in [3.63, 3.8) is 0 Å². The second-order valence-corrected chi connectivity index (χ2v) is 8.52. The highest BCUT2D eigenvalue weighted by molar-refractivity contribution is 5.76. The largest absolute Gasteiger partial charge is 0.486 e. The van der Waals surface area contributed by atoms with Crippen LogP contribution in [0.2, 0.25) is 0 Å². The van der Waals surface area contributed by atoms with Crippen molar-refractivity contribution in [2.24, 2.45) is 0 Å². The maximum atomic E-state index is 6.18. The van der Waals surface area contributed by atoms with E-state index in [-0.39, 0.29) is 6.10 Å². The highest BCUT2D eigenvalue weighted by Gasteiger charge is 2.28. The molecule has 0 bridgehead atoms. The van der Waals surface area contributed by atoms with E-state index in [1.807, 2.05) is 24.3 Å². The molecule has 5 rings (SSSR count). The average molecular weight is 421 g/mol. The smallest absolute Gasteiger partial charge is 0.161 e. The lowest BCUT2D eigenvalue weighted by atomic mass is 10.0. The predicted octanol–water partition coefficient (Wildman–Crippen LogP) is 3.67. The van der Waals surface area contributed by atoms with Crippen LogP contribution in [0.5, 0.6) is 11.5 Å². The zero-order valence-electron chi connectivity index (χ0n) is 18.3. The molecule has 3 aromatic rings. The normalized spacial score (nSPS) is 19.7. The summed E-state index contributed by atoms with van der Waals surface area (Å²) in [6.07, 6.45) is 3.34. The van der Waals surface area contributed by atoms with Gasteiger partial charge in [0.2, 0.25) is 0 Å². The van der Waals surface area contributed by atoms with E-state index in [0.29, 0.717) is 12.6 Å². The van der Waals surface area contributed by atoms with Crippen molar-refractivity contribution >= 4 is 11.0 Å². The summed E-state index contributed by atoms with van der Waals surface area (Å²) in [4.78, 5) is 7.49. The molecule has 1 atom stereocenters. The minimum atomic E-state index is 0.0937. The monoisotopic (exact) mass is 420 g/mol. The van der Waals surface area contributed by atoms with Crippen LogP contribution >= 0.6 is 0 Å². The highest BCUT2D eigenvalue weighted by atomic mass is 16.6. The molecule has 0 aliphatic carbocycles. The summed E-state index contributed by atoms with van der Waals surface area (Å²) < 4.78 is 14.6. The van der Waals surface area contributed by atoms with Gasteiger partial charge in [0.25, 0.3) is 0 Å². The number of nitrogens with one attached hydrogen (secondary N) is 1. The Morgan fingerprint density at radius 3 is 2.65 bits per heavy atom. The van der Waals surface area contributed by atoms with Crippen molar-refractivity contribution in [3.05, 3.63) is 54.4 Å². The van der Waals surface area contributed by atoms with Crippen LogP contribution in [0.4, 0.5) is 0 Å². The quantitative estimate of drug-likeness (QED) is 0.591. The Morgan fingerprint density at radius 1 is 1.03 bits per heavy atom. The van der Waals surface area contributed by atoms with Crippen LogP contribution in [-0.4, -0.2) is 59.9 Å². The molecule has 0 radical (unpaired) electrons. The summed E-state index contributed by atoms with van der Waals surface area (Å²) in [6, 6.07) is 17.0. The van der Waals surface area contributed by atoms with Gasteiger partial charge in [-0.2, -0.15) is 0 Å². The van der Waals surface area contributed by atoms with Gasteiger partial charge in [0.1, 0.15) is 18.5 Å². The SMILES string of the molecule is CCNCCc1nc2ccccc2n1C1CCN(CC2COc3ccccc3O2)CC1. The molecule has 1 aromatic heterocycles. The first kappa shape index (κ1) is 20.3. The predicted molar refractivity (Wildman–Crippen MR) is 123 cm³/mol. The van der Waals surface area contributed by atoms with Crippen LogP contribution < -0.4 is 14.8 Å². The standard InChI is InChI=1S/C25H32N4O2/c1-2-26-14-11-25-27-21-7-3-4-8-22(21)29(25)19-12-15-28(16-13-19)17-20-18-30-23-9-5-6-10-24(23)31-20/h3-10,19-20,26H,2,11-18H2,1H3. The third-order valence-electron chi connectivity index (χ3n) is 6.40. The Kier molecular flexibility index (Phi) is 6.09. The number of imidazole rings is 1. The summed E-state index contributed by atoms with van der Waals surface area (Å²) in [6.45, 7) is 7.81. The Morgan fingerprint density at radius 2 is 1.81 bits per heavy atom. The summed E-state index contributed by atoms with van der Waals surface area (Å²) >= 11 is 0. The van der Waals surface area contributed by atoms with Gasteiger partial charge in [-0.05, 0) is 43.7 Å². The van der Waals surface area contributed by atoms with E-state index in [1.165, 1.54) is 11.3 Å². The first-order valence-electron chi connectivity index (χ1n) is 11.6. The van der Waals surface area contributed by atoms with Gasteiger partial charge in [-0.15, -0.1) is 0 Å². The number of fused-ring (bicyclic) bond motifs is 2. The fourth-order valence-electron chi connectivity index (χ4n) is 4.86. The minimum absolute atomic E-state index is 0.0937. The van der Waals surface area contributed by atoms with E-state index in [1.54, 1.807) is 0 Å². The van der Waals surface area contributed by atoms with Crippen LogP contribution in [0.3, 0.4) is 0 Å². The van der Waals surface area contributed by atoms with E-state index >= 15 is 0 Å². The molecule has 0 spiro atoms. The van der Waals surface area contributed by atoms with Gasteiger partial charge < -0.3 is 19.4 Å². The number of ether oxygens (including phenoxy) is 2. The van der Waals surface area contributed by atoms with Crippen molar-refractivity contribution in [1.29, 1.82) is 0 Å². The number of hydrogen-bond donors (Lipinski definition) is 1. The minimum Gasteiger partial charge on any atom is -0.486 e. The number of likely N-dealkylation sites (N-methyl/N-ethyl adjacent to an activating group) is 1. The van der Waals surface area contributed by atoms with Gasteiger partial charge in [-0.1, -0.05) is 31.2 Å². The van der Waals surface area contributed by atoms with E-state index < -0.39 is 0 Å². The topological polar surface area (TPSA) is 51.6 Å². The fraction of sp³-hybridized carbons (Fsp3) is 0.480. The van der Waals surface area contributed by atoms with Gasteiger partial charge in [0.05, 0.1) is 11.0 Å². The molecule has 2 aliphatic rings. The van der Waals surface area contributed by atoms with Gasteiger partial charge in [-0.3, -0.25) is 4.90 Å². The van der Waals surface area contributed by atoms with Crippen LogP contribution in [0, 0.1) is 0 Å². The number of hydrogen-bond acceptors (Lipinski definition) is 5. The van der Waals surface area contributed by atoms with E-state index in [4.69, 9.17) is 14.5 Å². The van der Waals surface area contributed by atoms with Crippen LogP contribution in [0.1, 0.15) is 31.6 Å². The molecule has 1 fully saturated rings. The molecule has 0 amide bonds. The fourth-order valence-corrected chi connectivity index (χ4v) is 4.86. The average Bonchev–Trinajstić information content (AvgIpc) is 3.18. The second kappa shape index (κ2) is 9.28. The first-order valence-corrected chi connectivity index (χ1v) is 11.6. The van der Waals surface area contributed by atoms with E-state index in [2.05, 4.69) is 46.0 Å². The molecule has 6 nitrogen and oxygen atoms in total. The number of piperidine rings is 1. The summed E-state index contributed by atoms with van der Waals surface area (Å²) in [5, 5.41) is 3.44. The number of likely N-dealkylation sites (tertiary alicyclic amines) is 1. The van der Waals surface area contributed by atoms with Gasteiger partial charge in [0, 0.05) is 38.6 Å². The number of nitrogens with zero attached hydrogens (tertiary/aromatic N) is 3. The highest BCUT2D eigenvalue weighted by Crippen LogP contribution is 2.32. The Labute approximate surface area is 184 Å². The maximum absolute atomic E-state index is 6.18. The number of para-hydroxylation sites is 4. The second-order valence-electron chi connectivity index (χ2n) is 8.52. The van der Waals surface area contributed by atoms with Crippen molar-refractivity contribution in [2.45, 2.75) is 38.3 Å². The lowest BCUT2D eigenvalue weighted by molar-refractivity contribution is 0.0485. The zero-order valence-corrected chi connectivity index (χ0v) is 18.3. The first-order chi connectivity index (χ1) is 15.3. The Hall–Kier alpha value is -2.57. The lowest BCUT2D eigenvalue weighted by Crippen LogP contribution is -2.44. The van der Waals surface area contributed by atoms with Crippen LogP contribution in [0.25, 0.3) is 11.0 Å². The summed E-state index contributed by atoms with van der Waals surface area (Å²) in [7, 11) is 0. The Balaban J connectivity index is 1.23. The Bertz CT molecular complexity index is 1010. The van der Waals surface area contributed by atoms with Gasteiger partial charge in [0.15, 0.2) is 11.5 Å². The molecule has 1 unspecified atom stereocenters. The number of aromatic nitrogens is 2.